The van der Waals surface area contributed by atoms with Gasteiger partial charge >= 0.3 is 0 Å². The molecule has 0 radical (unpaired) electrons. The summed E-state index contributed by atoms with van der Waals surface area (Å²) in [5, 5.41) is 9.15. The summed E-state index contributed by atoms with van der Waals surface area (Å²) in [6.07, 6.45) is 1.40. The summed E-state index contributed by atoms with van der Waals surface area (Å²) in [5.74, 6) is 0. The van der Waals surface area contributed by atoms with E-state index in [4.69, 9.17) is 10.8 Å². The first-order valence-electron chi connectivity index (χ1n) is 6.56. The van der Waals surface area contributed by atoms with Gasteiger partial charge in [0.15, 0.2) is 0 Å². The maximum atomic E-state index is 12.7. The van der Waals surface area contributed by atoms with Crippen LogP contribution in [0.3, 0.4) is 0 Å². The summed E-state index contributed by atoms with van der Waals surface area (Å²) in [7, 11) is -3.64. The molecule has 0 saturated carbocycles. The number of nitrogen functional groups attached to an aromatic ring is 1. The molecule has 7 heteroatoms. The van der Waals surface area contributed by atoms with Gasteiger partial charge in [-0.15, -0.1) is 0 Å². The number of nitrogens with zero attached hydrogens (tertiary/aromatic N) is 1. The van der Waals surface area contributed by atoms with Crippen molar-refractivity contribution in [3.05, 3.63) is 22.7 Å². The fourth-order valence-corrected chi connectivity index (χ4v) is 4.42. The van der Waals surface area contributed by atoms with Crippen molar-refractivity contribution in [1.29, 1.82) is 0 Å². The van der Waals surface area contributed by atoms with Crippen LogP contribution in [0.15, 0.2) is 27.6 Å². The predicted octanol–water partition coefficient (Wildman–Crippen LogP) is 2.20. The molecule has 0 heterocycles. The van der Waals surface area contributed by atoms with Gasteiger partial charge in [-0.2, -0.15) is 4.31 Å². The number of hydrogen-bond acceptors (Lipinski definition) is 4. The molecule has 1 rings (SSSR count). The molecule has 0 spiro atoms. The van der Waals surface area contributed by atoms with Gasteiger partial charge in [0, 0.05) is 22.7 Å². The first-order chi connectivity index (χ1) is 9.38. The summed E-state index contributed by atoms with van der Waals surface area (Å²) in [6, 6.07) is 4.42. The Kier molecular flexibility index (Phi) is 6.44. The van der Waals surface area contributed by atoms with Gasteiger partial charge in [-0.25, -0.2) is 8.42 Å². The minimum Gasteiger partial charge on any atom is -0.398 e. The average Bonchev–Trinajstić information content (AvgIpc) is 2.42. The van der Waals surface area contributed by atoms with Crippen LogP contribution in [-0.4, -0.2) is 37.0 Å². The molecule has 114 valence electrons. The van der Waals surface area contributed by atoms with Crippen molar-refractivity contribution in [2.45, 2.75) is 37.6 Å². The van der Waals surface area contributed by atoms with Gasteiger partial charge in [0.1, 0.15) is 0 Å². The van der Waals surface area contributed by atoms with Crippen LogP contribution in [0, 0.1) is 0 Å². The zero-order chi connectivity index (χ0) is 15.3. The Morgan fingerprint density at radius 3 is 2.40 bits per heavy atom. The monoisotopic (exact) mass is 364 g/mol. The molecule has 0 aliphatic carbocycles. The number of aliphatic hydroxyl groups excluding tert-OH is 1. The van der Waals surface area contributed by atoms with Crippen LogP contribution in [0.2, 0.25) is 0 Å². The molecule has 1 aromatic rings. The Hall–Kier alpha value is -0.630. The smallest absolute Gasteiger partial charge is 0.243 e. The highest BCUT2D eigenvalue weighted by atomic mass is 79.9. The van der Waals surface area contributed by atoms with Crippen LogP contribution >= 0.6 is 15.9 Å². The highest BCUT2D eigenvalue weighted by molar-refractivity contribution is 9.10. The number of aliphatic hydroxyl groups is 1. The lowest BCUT2D eigenvalue weighted by Crippen LogP contribution is -2.41. The third-order valence-corrected chi connectivity index (χ3v) is 5.88. The van der Waals surface area contributed by atoms with Crippen molar-refractivity contribution in [2.24, 2.45) is 0 Å². The van der Waals surface area contributed by atoms with Crippen LogP contribution in [-0.2, 0) is 10.0 Å². The number of rotatable bonds is 7. The number of sulfonamides is 1. The second-order valence-corrected chi connectivity index (χ2v) is 7.24. The molecular weight excluding hydrogens is 344 g/mol. The average molecular weight is 365 g/mol. The summed E-state index contributed by atoms with van der Waals surface area (Å²) >= 11 is 3.24. The van der Waals surface area contributed by atoms with Crippen molar-refractivity contribution in [1.82, 2.24) is 4.31 Å². The molecule has 1 aromatic carbocycles. The second kappa shape index (κ2) is 7.40. The molecule has 0 aliphatic heterocycles. The quantitative estimate of drug-likeness (QED) is 0.726. The van der Waals surface area contributed by atoms with Gasteiger partial charge in [0.25, 0.3) is 0 Å². The number of nitrogens with two attached hydrogens (primary N) is 1. The highest BCUT2D eigenvalue weighted by Crippen LogP contribution is 2.27. The van der Waals surface area contributed by atoms with E-state index in [-0.39, 0.29) is 24.1 Å². The molecule has 0 amide bonds. The van der Waals surface area contributed by atoms with Gasteiger partial charge in [-0.3, -0.25) is 0 Å². The number of halogens is 1. The SMILES string of the molecule is CCC(CC)N(CCO)S(=O)(=O)c1ccc(N)c(Br)c1. The normalized spacial score (nSPS) is 12.3. The lowest BCUT2D eigenvalue weighted by molar-refractivity contribution is 0.219. The summed E-state index contributed by atoms with van der Waals surface area (Å²) in [6.45, 7) is 3.77. The second-order valence-electron chi connectivity index (χ2n) is 4.49. The Balaban J connectivity index is 3.24. The van der Waals surface area contributed by atoms with Crippen LogP contribution < -0.4 is 5.73 Å². The van der Waals surface area contributed by atoms with Crippen LogP contribution in [0.4, 0.5) is 5.69 Å². The largest absolute Gasteiger partial charge is 0.398 e. The lowest BCUT2D eigenvalue weighted by atomic mass is 10.2. The van der Waals surface area contributed by atoms with Gasteiger partial charge < -0.3 is 10.8 Å². The van der Waals surface area contributed by atoms with Gasteiger partial charge in [0.05, 0.1) is 11.5 Å². The molecule has 20 heavy (non-hydrogen) atoms. The van der Waals surface area contributed by atoms with Gasteiger partial charge in [0.2, 0.25) is 10.0 Å². The van der Waals surface area contributed by atoms with E-state index in [9.17, 15) is 8.42 Å². The van der Waals surface area contributed by atoms with E-state index in [1.165, 1.54) is 16.4 Å². The zero-order valence-electron chi connectivity index (χ0n) is 11.7. The molecule has 0 aliphatic rings. The Bertz CT molecular complexity index is 545. The van der Waals surface area contributed by atoms with Crippen molar-refractivity contribution < 1.29 is 13.5 Å². The molecule has 0 aromatic heterocycles. The first kappa shape index (κ1) is 17.4. The molecule has 3 N–H and O–H groups in total. The van der Waals surface area contributed by atoms with Gasteiger partial charge in [-0.1, -0.05) is 13.8 Å². The van der Waals surface area contributed by atoms with Crippen LogP contribution in [0.5, 0.6) is 0 Å². The van der Waals surface area contributed by atoms with Crippen molar-refractivity contribution in [2.75, 3.05) is 18.9 Å². The maximum absolute atomic E-state index is 12.7. The lowest BCUT2D eigenvalue weighted by Gasteiger charge is -2.29. The van der Waals surface area contributed by atoms with E-state index >= 15 is 0 Å². The molecule has 5 nitrogen and oxygen atoms in total. The zero-order valence-corrected chi connectivity index (χ0v) is 14.1. The predicted molar refractivity (Wildman–Crippen MR) is 83.9 cm³/mol. The van der Waals surface area contributed by atoms with E-state index in [1.807, 2.05) is 13.8 Å². The third-order valence-electron chi connectivity index (χ3n) is 3.25. The maximum Gasteiger partial charge on any atom is 0.243 e. The molecule has 0 atom stereocenters. The van der Waals surface area contributed by atoms with E-state index in [0.29, 0.717) is 23.0 Å². The van der Waals surface area contributed by atoms with Crippen molar-refractivity contribution >= 4 is 31.6 Å². The Labute approximate surface area is 129 Å². The highest BCUT2D eigenvalue weighted by Gasteiger charge is 2.29. The molecular formula is C13H21BrN2O3S. The minimum atomic E-state index is -3.64. The van der Waals surface area contributed by atoms with Gasteiger partial charge in [-0.05, 0) is 47.0 Å². The number of anilines is 1. The third kappa shape index (κ3) is 3.72. The molecule has 0 saturated heterocycles. The Morgan fingerprint density at radius 2 is 1.95 bits per heavy atom. The summed E-state index contributed by atoms with van der Waals surface area (Å²) in [4.78, 5) is 0.180. The fourth-order valence-electron chi connectivity index (χ4n) is 2.10. The number of benzene rings is 1. The van der Waals surface area contributed by atoms with Crippen LogP contribution in [0.25, 0.3) is 0 Å². The minimum absolute atomic E-state index is 0.0939. The van der Waals surface area contributed by atoms with E-state index in [0.717, 1.165) is 0 Å². The van der Waals surface area contributed by atoms with Crippen molar-refractivity contribution in [3.63, 3.8) is 0 Å². The fraction of sp³-hybridized carbons (Fsp3) is 0.538. The first-order valence-corrected chi connectivity index (χ1v) is 8.79. The summed E-state index contributed by atoms with van der Waals surface area (Å²) in [5.41, 5.74) is 6.17. The van der Waals surface area contributed by atoms with E-state index < -0.39 is 10.0 Å². The number of hydrogen-bond donors (Lipinski definition) is 2. The van der Waals surface area contributed by atoms with Crippen molar-refractivity contribution in [3.8, 4) is 0 Å². The standard InChI is InChI=1S/C13H21BrN2O3S/c1-3-10(4-2)16(7-8-17)20(18,19)11-5-6-13(15)12(14)9-11/h5-6,9-10,17H,3-4,7-8,15H2,1-2H3. The summed E-state index contributed by atoms with van der Waals surface area (Å²) < 4.78 is 27.3. The molecule has 0 unspecified atom stereocenters. The molecule has 0 fully saturated rings. The van der Waals surface area contributed by atoms with E-state index in [1.54, 1.807) is 6.07 Å². The van der Waals surface area contributed by atoms with E-state index in [2.05, 4.69) is 15.9 Å². The molecule has 0 bridgehead atoms. The Morgan fingerprint density at radius 1 is 1.35 bits per heavy atom. The van der Waals surface area contributed by atoms with Crippen LogP contribution in [0.1, 0.15) is 26.7 Å². The topological polar surface area (TPSA) is 83.6 Å².